The average Bonchev–Trinajstić information content (AvgIpc) is 2.70. The van der Waals surface area contributed by atoms with Gasteiger partial charge in [-0.2, -0.15) is 0 Å². The number of aryl methyl sites for hydroxylation is 2. The highest BCUT2D eigenvalue weighted by Crippen LogP contribution is 2.35. The fourth-order valence-electron chi connectivity index (χ4n) is 1.70. The minimum Gasteiger partial charge on any atom is -0.506 e. The molecule has 0 aliphatic carbocycles. The van der Waals surface area contributed by atoms with Crippen LogP contribution in [-0.4, -0.2) is 35.9 Å². The van der Waals surface area contributed by atoms with Gasteiger partial charge in [-0.15, -0.1) is 0 Å². The second-order valence-corrected chi connectivity index (χ2v) is 6.12. The highest BCUT2D eigenvalue weighted by atomic mass is 33.1. The molecule has 138 valence electrons. The molecule has 2 aromatic heterocycles. The number of aliphatic hydroxyl groups is 2. The van der Waals surface area contributed by atoms with E-state index < -0.39 is 83.5 Å². The minimum absolute atomic E-state index is 0. The first kappa shape index (κ1) is 10.6. The maximum Gasteiger partial charge on any atom is 0.142 e. The van der Waals surface area contributed by atoms with Gasteiger partial charge in [0.1, 0.15) is 11.5 Å². The van der Waals surface area contributed by atoms with Crippen molar-refractivity contribution in [3.63, 3.8) is 0 Å². The van der Waals surface area contributed by atoms with E-state index in [1.807, 2.05) is 0 Å². The molecule has 0 aromatic carbocycles. The van der Waals surface area contributed by atoms with Crippen LogP contribution in [0.25, 0.3) is 0 Å². The molecule has 9 heteroatoms. The Morgan fingerprint density at radius 1 is 0.920 bits per heavy atom. The van der Waals surface area contributed by atoms with E-state index in [2.05, 4.69) is 9.97 Å². The Hall–Kier alpha value is -1.52. The third-order valence-corrected chi connectivity index (χ3v) is 4.42. The van der Waals surface area contributed by atoms with E-state index in [1.54, 1.807) is 0 Å². The highest BCUT2D eigenvalue weighted by Gasteiger charge is 2.13. The van der Waals surface area contributed by atoms with Gasteiger partial charge < -0.3 is 25.9 Å². The monoisotopic (exact) mass is 396 g/mol. The molecule has 0 bridgehead atoms. The summed E-state index contributed by atoms with van der Waals surface area (Å²) in [5.41, 5.74) is -8.14. The van der Waals surface area contributed by atoms with Gasteiger partial charge in [0.05, 0.1) is 24.6 Å². The molecular weight excluding hydrogens is 364 g/mol. The molecule has 0 atom stereocenters. The van der Waals surface area contributed by atoms with Crippen molar-refractivity contribution in [2.24, 2.45) is 0 Å². The van der Waals surface area contributed by atoms with Crippen LogP contribution in [-0.2, 0) is 24.6 Å². The molecule has 2 aromatic rings. The van der Waals surface area contributed by atoms with Crippen molar-refractivity contribution < 1.29 is 39.6 Å². The molecule has 25 heavy (non-hydrogen) atoms. The molecule has 2 rings (SSSR count). The first-order chi connectivity index (χ1) is 15.4. The lowest BCUT2D eigenvalue weighted by atomic mass is 10.1. The van der Waals surface area contributed by atoms with Gasteiger partial charge in [0.25, 0.3) is 0 Å². The molecule has 2 heterocycles. The smallest absolute Gasteiger partial charge is 0.142 e. The van der Waals surface area contributed by atoms with E-state index in [0.29, 0.717) is 0 Å². The van der Waals surface area contributed by atoms with Gasteiger partial charge in [-0.05, 0) is 24.8 Å². The Bertz CT molecular complexity index is 983. The SMILES string of the molecule is O.[2H]C([2H])([2H])c1ncc(C([2H])([2H])SSC([2H])([2H])c2cnc(C([2H])([2H])[2H])c(O)c2CO)c(CO)c1O. The van der Waals surface area contributed by atoms with E-state index in [9.17, 15) is 20.4 Å². The zero-order valence-corrected chi connectivity index (χ0v) is 14.2. The van der Waals surface area contributed by atoms with Crippen LogP contribution in [0.15, 0.2) is 12.4 Å². The van der Waals surface area contributed by atoms with Gasteiger partial charge >= 0.3 is 0 Å². The van der Waals surface area contributed by atoms with Crippen molar-refractivity contribution in [3.8, 4) is 11.5 Å². The molecule has 0 saturated heterocycles. The molecule has 0 radical (unpaired) electrons. The summed E-state index contributed by atoms with van der Waals surface area (Å²) in [6.45, 7) is -7.49. The molecule has 0 saturated carbocycles. The summed E-state index contributed by atoms with van der Waals surface area (Å²) in [6, 6.07) is 0. The Morgan fingerprint density at radius 2 is 1.32 bits per heavy atom. The topological polar surface area (TPSA) is 138 Å². The quantitative estimate of drug-likeness (QED) is 0.519. The van der Waals surface area contributed by atoms with Crippen LogP contribution in [0, 0.1) is 13.7 Å². The first-order valence-electron chi connectivity index (χ1n) is 11.4. The summed E-state index contributed by atoms with van der Waals surface area (Å²) < 4.78 is 77.4. The van der Waals surface area contributed by atoms with Crippen molar-refractivity contribution >= 4 is 21.6 Å². The zero-order valence-electron chi connectivity index (χ0n) is 22.6. The van der Waals surface area contributed by atoms with Gasteiger partial charge in [-0.25, -0.2) is 0 Å². The van der Waals surface area contributed by atoms with Crippen molar-refractivity contribution in [3.05, 3.63) is 46.0 Å². The normalized spacial score (nSPS) is 18.6. The molecule has 0 amide bonds. The summed E-state index contributed by atoms with van der Waals surface area (Å²) in [4.78, 5) is 7.18. The maximum absolute atomic E-state index is 10.2. The number of pyridine rings is 2. The number of aromatic hydroxyl groups is 2. The van der Waals surface area contributed by atoms with Gasteiger partial charge in [-0.1, -0.05) is 21.6 Å². The predicted octanol–water partition coefficient (Wildman–Crippen LogP) is 1.75. The summed E-state index contributed by atoms with van der Waals surface area (Å²) >= 11 is 0. The number of nitrogens with zero attached hydrogens (tertiary/aromatic N) is 2. The predicted molar refractivity (Wildman–Crippen MR) is 99.3 cm³/mol. The average molecular weight is 397 g/mol. The summed E-state index contributed by atoms with van der Waals surface area (Å²) in [5.74, 6) is -1.82. The molecular formula is C16H22N2O5S2. The van der Waals surface area contributed by atoms with Gasteiger partial charge in [0.15, 0.2) is 0 Å². The molecule has 0 aliphatic rings. The fourth-order valence-corrected chi connectivity index (χ4v) is 3.11. The van der Waals surface area contributed by atoms with E-state index in [4.69, 9.17) is 13.7 Å². The Labute approximate surface area is 167 Å². The van der Waals surface area contributed by atoms with Crippen molar-refractivity contribution in [2.75, 3.05) is 0 Å². The number of hydrogen-bond acceptors (Lipinski definition) is 8. The summed E-state index contributed by atoms with van der Waals surface area (Å²) in [7, 11) is 0.580. The van der Waals surface area contributed by atoms with Crippen LogP contribution in [0.1, 0.15) is 47.3 Å². The number of aliphatic hydroxyl groups excluding tert-OH is 2. The van der Waals surface area contributed by atoms with Gasteiger partial charge in [-0.3, -0.25) is 9.97 Å². The molecule has 0 aliphatic heterocycles. The van der Waals surface area contributed by atoms with E-state index in [1.165, 1.54) is 0 Å². The first-order valence-corrected chi connectivity index (χ1v) is 8.55. The maximum atomic E-state index is 10.2. The van der Waals surface area contributed by atoms with Crippen LogP contribution in [0.2, 0.25) is 0 Å². The number of rotatable bonds is 7. The van der Waals surface area contributed by atoms with Crippen molar-refractivity contribution in [1.29, 1.82) is 0 Å². The van der Waals surface area contributed by atoms with Gasteiger partial charge in [0.2, 0.25) is 0 Å². The van der Waals surface area contributed by atoms with Crippen LogP contribution in [0.5, 0.6) is 11.5 Å². The minimum atomic E-state index is -2.82. The molecule has 0 fully saturated rings. The Kier molecular flexibility index (Phi) is 4.16. The molecule has 0 unspecified atom stereocenters. The standard InChI is InChI=1S/C16H20N2O4S2.H2O/c1-9-15(21)13(5-19)11(3-17-9)7-23-24-8-12-4-18-10(2)16(22)14(12)6-20;/h3-4,19-22H,5-8H2,1-2H3;1H2/i1D3,2D3,7D2,8D2;. The zero-order chi connectivity index (χ0) is 26.3. The van der Waals surface area contributed by atoms with Crippen LogP contribution >= 0.6 is 21.6 Å². The highest BCUT2D eigenvalue weighted by molar-refractivity contribution is 8.76. The van der Waals surface area contributed by atoms with E-state index in [-0.39, 0.29) is 27.1 Å². The third kappa shape index (κ3) is 4.99. The second-order valence-electron chi connectivity index (χ2n) is 4.38. The third-order valence-electron chi connectivity index (χ3n) is 2.98. The Morgan fingerprint density at radius 3 is 1.64 bits per heavy atom. The molecule has 6 N–H and O–H groups in total. The van der Waals surface area contributed by atoms with E-state index in [0.717, 1.165) is 12.4 Å². The van der Waals surface area contributed by atoms with Gasteiger partial charge in [0, 0.05) is 48.6 Å². The van der Waals surface area contributed by atoms with Crippen molar-refractivity contribution in [2.45, 2.75) is 38.3 Å². The lowest BCUT2D eigenvalue weighted by Crippen LogP contribution is -1.98. The van der Waals surface area contributed by atoms with Crippen molar-refractivity contribution in [1.82, 2.24) is 9.97 Å². The van der Waals surface area contributed by atoms with E-state index >= 15 is 0 Å². The second kappa shape index (κ2) is 9.83. The summed E-state index contributed by atoms with van der Waals surface area (Å²) in [6.07, 6.45) is 1.65. The van der Waals surface area contributed by atoms with Crippen LogP contribution < -0.4 is 0 Å². The fraction of sp³-hybridized carbons (Fsp3) is 0.375. The molecule has 0 spiro atoms. The van der Waals surface area contributed by atoms with Crippen LogP contribution in [0.3, 0.4) is 0 Å². The Balaban J connectivity index is 0.00000612. The van der Waals surface area contributed by atoms with Crippen LogP contribution in [0.4, 0.5) is 0 Å². The molecule has 7 nitrogen and oxygen atoms in total. The number of aromatic nitrogens is 2. The summed E-state index contributed by atoms with van der Waals surface area (Å²) in [5, 5.41) is 39.7. The largest absolute Gasteiger partial charge is 0.506 e. The lowest BCUT2D eigenvalue weighted by molar-refractivity contribution is 0.273. The number of hydrogen-bond donors (Lipinski definition) is 4. The lowest BCUT2D eigenvalue weighted by Gasteiger charge is -2.12.